The highest BCUT2D eigenvalue weighted by Gasteiger charge is 2.20. The van der Waals surface area contributed by atoms with E-state index in [0.29, 0.717) is 6.54 Å². The number of nitrogens with zero attached hydrogens (tertiary/aromatic N) is 2. The molecule has 1 N–H and O–H groups in total. The van der Waals surface area contributed by atoms with Gasteiger partial charge in [0.15, 0.2) is 0 Å². The van der Waals surface area contributed by atoms with Crippen molar-refractivity contribution >= 4 is 15.9 Å². The molecular formula is C23H31N3O3S. The molecule has 1 fully saturated rings. The molecule has 0 saturated carbocycles. The molecule has 1 saturated heterocycles. The number of rotatable bonds is 9. The number of hydrogen-bond acceptors (Lipinski definition) is 4. The monoisotopic (exact) mass is 429 g/mol. The summed E-state index contributed by atoms with van der Waals surface area (Å²) in [6.07, 6.45) is 3.65. The van der Waals surface area contributed by atoms with E-state index in [0.717, 1.165) is 42.6 Å². The number of hydrogen-bond donors (Lipinski definition) is 1. The quantitative estimate of drug-likeness (QED) is 0.665. The van der Waals surface area contributed by atoms with Crippen LogP contribution in [0.1, 0.15) is 35.1 Å². The molecule has 6 nitrogen and oxygen atoms in total. The van der Waals surface area contributed by atoms with Crippen LogP contribution in [0.5, 0.6) is 0 Å². The number of nitrogens with one attached hydrogen (secondary N) is 1. The first-order valence-corrected chi connectivity index (χ1v) is 12.2. The maximum atomic E-state index is 12.5. The Bertz CT molecular complexity index is 952. The molecule has 2 aromatic rings. The van der Waals surface area contributed by atoms with Crippen LogP contribution in [0, 0.1) is 6.92 Å². The predicted molar refractivity (Wildman–Crippen MR) is 119 cm³/mol. The number of amides is 1. The molecule has 0 atom stereocenters. The van der Waals surface area contributed by atoms with E-state index in [1.807, 2.05) is 43.3 Å². The van der Waals surface area contributed by atoms with Crippen LogP contribution in [0.15, 0.2) is 48.5 Å². The second-order valence-electron chi connectivity index (χ2n) is 8.10. The lowest BCUT2D eigenvalue weighted by atomic mass is 10.1. The minimum Gasteiger partial charge on any atom is -0.351 e. The van der Waals surface area contributed by atoms with Crippen molar-refractivity contribution in [3.8, 4) is 0 Å². The molecule has 2 aromatic carbocycles. The van der Waals surface area contributed by atoms with Crippen molar-refractivity contribution in [1.29, 1.82) is 0 Å². The molecule has 1 aliphatic heterocycles. The van der Waals surface area contributed by atoms with Crippen LogP contribution in [0.3, 0.4) is 0 Å². The fourth-order valence-corrected chi connectivity index (χ4v) is 4.38. The van der Waals surface area contributed by atoms with Gasteiger partial charge in [-0.2, -0.15) is 4.31 Å². The number of carbonyl (C=O) groups is 1. The third kappa shape index (κ3) is 6.93. The SMILES string of the molecule is Cc1ccc(CN(CC(=O)NCc2cccc(CN3CCCC3)c2)S(C)(=O)=O)cc1. The minimum absolute atomic E-state index is 0.178. The summed E-state index contributed by atoms with van der Waals surface area (Å²) < 4.78 is 25.5. The topological polar surface area (TPSA) is 69.7 Å². The van der Waals surface area contributed by atoms with Gasteiger partial charge < -0.3 is 5.32 Å². The first-order chi connectivity index (χ1) is 14.3. The Hall–Kier alpha value is -2.22. The zero-order valence-corrected chi connectivity index (χ0v) is 18.6. The van der Waals surface area contributed by atoms with E-state index in [9.17, 15) is 13.2 Å². The minimum atomic E-state index is -3.50. The van der Waals surface area contributed by atoms with Gasteiger partial charge in [-0.3, -0.25) is 9.69 Å². The summed E-state index contributed by atoms with van der Waals surface area (Å²) >= 11 is 0. The van der Waals surface area contributed by atoms with E-state index in [1.54, 1.807) is 0 Å². The highest BCUT2D eigenvalue weighted by molar-refractivity contribution is 7.88. The molecule has 1 heterocycles. The van der Waals surface area contributed by atoms with Crippen molar-refractivity contribution in [1.82, 2.24) is 14.5 Å². The van der Waals surface area contributed by atoms with Gasteiger partial charge >= 0.3 is 0 Å². The van der Waals surface area contributed by atoms with Crippen molar-refractivity contribution < 1.29 is 13.2 Å². The zero-order chi connectivity index (χ0) is 21.6. The van der Waals surface area contributed by atoms with Crippen LogP contribution in [0.4, 0.5) is 0 Å². The Labute approximate surface area is 179 Å². The van der Waals surface area contributed by atoms with Crippen LogP contribution in [0.2, 0.25) is 0 Å². The van der Waals surface area contributed by atoms with Crippen LogP contribution < -0.4 is 5.32 Å². The molecule has 0 radical (unpaired) electrons. The largest absolute Gasteiger partial charge is 0.351 e. The molecule has 3 rings (SSSR count). The predicted octanol–water partition coefficient (Wildman–Crippen LogP) is 2.67. The lowest BCUT2D eigenvalue weighted by Crippen LogP contribution is -2.39. The van der Waals surface area contributed by atoms with Crippen molar-refractivity contribution in [3.05, 3.63) is 70.8 Å². The van der Waals surface area contributed by atoms with E-state index in [2.05, 4.69) is 22.3 Å². The first kappa shape index (κ1) is 22.5. The average Bonchev–Trinajstić information content (AvgIpc) is 3.20. The molecule has 0 unspecified atom stereocenters. The van der Waals surface area contributed by atoms with Gasteiger partial charge in [-0.05, 0) is 49.5 Å². The van der Waals surface area contributed by atoms with Gasteiger partial charge in [0.25, 0.3) is 0 Å². The van der Waals surface area contributed by atoms with E-state index in [4.69, 9.17) is 0 Å². The van der Waals surface area contributed by atoms with Crippen LogP contribution in [-0.4, -0.2) is 49.4 Å². The van der Waals surface area contributed by atoms with Gasteiger partial charge in [-0.1, -0.05) is 54.1 Å². The fourth-order valence-electron chi connectivity index (χ4n) is 3.64. The molecular weight excluding hydrogens is 398 g/mol. The third-order valence-corrected chi connectivity index (χ3v) is 6.55. The molecule has 0 spiro atoms. The number of aryl methyl sites for hydroxylation is 1. The summed E-state index contributed by atoms with van der Waals surface area (Å²) in [7, 11) is -3.50. The van der Waals surface area contributed by atoms with Gasteiger partial charge in [0.1, 0.15) is 0 Å². The number of sulfonamides is 1. The number of benzene rings is 2. The Balaban J connectivity index is 1.55. The lowest BCUT2D eigenvalue weighted by molar-refractivity contribution is -0.121. The van der Waals surface area contributed by atoms with Gasteiger partial charge in [0.05, 0.1) is 12.8 Å². The zero-order valence-electron chi connectivity index (χ0n) is 17.8. The second kappa shape index (κ2) is 10.2. The van der Waals surface area contributed by atoms with Gasteiger partial charge in [0, 0.05) is 19.6 Å². The van der Waals surface area contributed by atoms with E-state index >= 15 is 0 Å². The summed E-state index contributed by atoms with van der Waals surface area (Å²) in [4.78, 5) is 14.9. The smallest absolute Gasteiger partial charge is 0.235 e. The standard InChI is InChI=1S/C23H31N3O3S/c1-19-8-10-20(11-9-19)17-26(30(2,28)29)18-23(27)24-15-21-6-5-7-22(14-21)16-25-12-3-4-13-25/h5-11,14H,3-4,12-13,15-18H2,1-2H3,(H,24,27). The summed E-state index contributed by atoms with van der Waals surface area (Å²) in [6, 6.07) is 15.8. The summed E-state index contributed by atoms with van der Waals surface area (Å²) in [5.74, 6) is -0.308. The number of carbonyl (C=O) groups excluding carboxylic acids is 1. The highest BCUT2D eigenvalue weighted by atomic mass is 32.2. The third-order valence-electron chi connectivity index (χ3n) is 5.35. The molecule has 0 aromatic heterocycles. The maximum Gasteiger partial charge on any atom is 0.235 e. The molecule has 30 heavy (non-hydrogen) atoms. The van der Waals surface area contributed by atoms with Gasteiger partial charge in [-0.25, -0.2) is 8.42 Å². The summed E-state index contributed by atoms with van der Waals surface area (Å²) in [5.41, 5.74) is 4.22. The Morgan fingerprint density at radius 1 is 1.03 bits per heavy atom. The number of likely N-dealkylation sites (tertiary alicyclic amines) is 1. The Morgan fingerprint density at radius 3 is 2.37 bits per heavy atom. The van der Waals surface area contributed by atoms with Crippen LogP contribution in [0.25, 0.3) is 0 Å². The fraction of sp³-hybridized carbons (Fsp3) is 0.435. The molecule has 0 aliphatic carbocycles. The van der Waals surface area contributed by atoms with Crippen LogP contribution >= 0.6 is 0 Å². The van der Waals surface area contributed by atoms with Crippen LogP contribution in [-0.2, 0) is 34.5 Å². The Kier molecular flexibility index (Phi) is 7.64. The lowest BCUT2D eigenvalue weighted by Gasteiger charge is -2.20. The summed E-state index contributed by atoms with van der Waals surface area (Å²) in [6.45, 7) is 5.56. The van der Waals surface area contributed by atoms with Crippen molar-refractivity contribution in [2.45, 2.75) is 39.4 Å². The van der Waals surface area contributed by atoms with E-state index < -0.39 is 10.0 Å². The van der Waals surface area contributed by atoms with E-state index in [1.165, 1.54) is 22.7 Å². The normalized spacial score (nSPS) is 14.9. The first-order valence-electron chi connectivity index (χ1n) is 10.4. The van der Waals surface area contributed by atoms with E-state index in [-0.39, 0.29) is 19.0 Å². The molecule has 162 valence electrons. The molecule has 1 aliphatic rings. The average molecular weight is 430 g/mol. The van der Waals surface area contributed by atoms with Crippen molar-refractivity contribution in [3.63, 3.8) is 0 Å². The molecule has 0 bridgehead atoms. The van der Waals surface area contributed by atoms with Crippen molar-refractivity contribution in [2.75, 3.05) is 25.9 Å². The Morgan fingerprint density at radius 2 is 1.70 bits per heavy atom. The molecule has 1 amide bonds. The highest BCUT2D eigenvalue weighted by Crippen LogP contribution is 2.14. The second-order valence-corrected chi connectivity index (χ2v) is 10.1. The van der Waals surface area contributed by atoms with Crippen molar-refractivity contribution in [2.24, 2.45) is 0 Å². The van der Waals surface area contributed by atoms with Gasteiger partial charge in [0.2, 0.25) is 15.9 Å². The maximum absolute atomic E-state index is 12.5. The van der Waals surface area contributed by atoms with Gasteiger partial charge in [-0.15, -0.1) is 0 Å². The summed E-state index contributed by atoms with van der Waals surface area (Å²) in [5, 5.41) is 2.86. The molecule has 7 heteroatoms.